The molecular weight excluding hydrogens is 254 g/mol. The van der Waals surface area contributed by atoms with Crippen LogP contribution in [0.15, 0.2) is 41.2 Å². The third kappa shape index (κ3) is 3.15. The van der Waals surface area contributed by atoms with Crippen LogP contribution in [0.2, 0.25) is 0 Å². The van der Waals surface area contributed by atoms with Gasteiger partial charge in [0, 0.05) is 35.6 Å². The molecule has 0 spiro atoms. The highest BCUT2D eigenvalue weighted by molar-refractivity contribution is 5.67. The number of nitrogens with zero attached hydrogens (tertiary/aromatic N) is 1. The summed E-state index contributed by atoms with van der Waals surface area (Å²) in [6, 6.07) is 10.9. The number of benzene rings is 1. The number of carboxylic acid groups (broad SMARTS) is 1. The van der Waals surface area contributed by atoms with Gasteiger partial charge in [0.1, 0.15) is 0 Å². The Morgan fingerprint density at radius 1 is 1.15 bits per heavy atom. The fraction of sp³-hybridized carbons (Fsp3) is 0.250. The van der Waals surface area contributed by atoms with Crippen molar-refractivity contribution in [3.63, 3.8) is 0 Å². The Morgan fingerprint density at radius 3 is 2.40 bits per heavy atom. The second-order valence-corrected chi connectivity index (χ2v) is 4.87. The second kappa shape index (κ2) is 5.74. The van der Waals surface area contributed by atoms with Crippen molar-refractivity contribution in [1.29, 1.82) is 0 Å². The topological polar surface area (TPSA) is 59.3 Å². The fourth-order valence-corrected chi connectivity index (χ4v) is 2.37. The molecule has 0 amide bonds. The van der Waals surface area contributed by atoms with Crippen LogP contribution >= 0.6 is 0 Å². The van der Waals surface area contributed by atoms with E-state index in [-0.39, 0.29) is 11.8 Å². The van der Waals surface area contributed by atoms with Crippen LogP contribution in [0.1, 0.15) is 23.4 Å². The quantitative estimate of drug-likeness (QED) is 0.929. The Labute approximate surface area is 117 Å². The zero-order valence-electron chi connectivity index (χ0n) is 11.6. The lowest BCUT2D eigenvalue weighted by Crippen LogP contribution is -2.11. The zero-order chi connectivity index (χ0) is 14.7. The molecule has 104 valence electrons. The average Bonchev–Trinajstić information content (AvgIpc) is 2.35. The summed E-state index contributed by atoms with van der Waals surface area (Å²) in [5.41, 5.74) is 3.65. The minimum atomic E-state index is -0.800. The smallest absolute Gasteiger partial charge is 0.303 e. The van der Waals surface area contributed by atoms with Gasteiger partial charge in [0.25, 0.3) is 0 Å². The summed E-state index contributed by atoms with van der Waals surface area (Å²) in [6.07, 6.45) is 0.618. The molecule has 4 nitrogen and oxygen atoms in total. The minimum absolute atomic E-state index is 0.00159. The van der Waals surface area contributed by atoms with Gasteiger partial charge in [-0.05, 0) is 38.0 Å². The van der Waals surface area contributed by atoms with Crippen LogP contribution in [0.25, 0.3) is 5.69 Å². The molecule has 0 aliphatic rings. The van der Waals surface area contributed by atoms with Crippen molar-refractivity contribution in [2.75, 3.05) is 0 Å². The number of carboxylic acids is 1. The number of rotatable bonds is 4. The monoisotopic (exact) mass is 271 g/mol. The van der Waals surface area contributed by atoms with Crippen LogP contribution in [-0.4, -0.2) is 15.6 Å². The molecule has 2 aromatic rings. The summed E-state index contributed by atoms with van der Waals surface area (Å²) in [4.78, 5) is 22.1. The molecular formula is C16H17NO3. The summed E-state index contributed by atoms with van der Waals surface area (Å²) in [5, 5.41) is 8.74. The van der Waals surface area contributed by atoms with E-state index < -0.39 is 5.97 Å². The zero-order valence-corrected chi connectivity index (χ0v) is 11.6. The molecule has 0 fully saturated rings. The Bertz CT molecular complexity index is 675. The normalized spacial score (nSPS) is 10.5. The molecule has 0 bridgehead atoms. The van der Waals surface area contributed by atoms with Gasteiger partial charge in [0.05, 0.1) is 0 Å². The predicted molar refractivity (Wildman–Crippen MR) is 77.5 cm³/mol. The maximum Gasteiger partial charge on any atom is 0.303 e. The van der Waals surface area contributed by atoms with E-state index in [0.29, 0.717) is 6.42 Å². The van der Waals surface area contributed by atoms with Gasteiger partial charge in [-0.2, -0.15) is 0 Å². The number of aliphatic carboxylic acids is 1. The molecule has 1 aromatic carbocycles. The van der Waals surface area contributed by atoms with Gasteiger partial charge in [-0.1, -0.05) is 12.1 Å². The molecule has 2 rings (SSSR count). The number of hydrogen-bond acceptors (Lipinski definition) is 2. The van der Waals surface area contributed by atoms with E-state index in [4.69, 9.17) is 5.11 Å². The van der Waals surface area contributed by atoms with Crippen molar-refractivity contribution in [1.82, 2.24) is 4.57 Å². The first kappa shape index (κ1) is 14.1. The highest BCUT2D eigenvalue weighted by Crippen LogP contribution is 2.16. The van der Waals surface area contributed by atoms with E-state index in [9.17, 15) is 9.59 Å². The number of hydrogen-bond donors (Lipinski definition) is 1. The van der Waals surface area contributed by atoms with E-state index >= 15 is 0 Å². The molecule has 1 aromatic heterocycles. The van der Waals surface area contributed by atoms with Crippen molar-refractivity contribution >= 4 is 5.97 Å². The van der Waals surface area contributed by atoms with Crippen molar-refractivity contribution in [3.8, 4) is 5.69 Å². The standard InChI is InChI=1S/C16H17NO3/c1-11-8-15(18)9-12(2)17(11)14-5-3-4-13(10-14)6-7-16(19)20/h3-5,8-10H,6-7H2,1-2H3,(H,19,20). The second-order valence-electron chi connectivity index (χ2n) is 4.87. The lowest BCUT2D eigenvalue weighted by molar-refractivity contribution is -0.136. The van der Waals surface area contributed by atoms with Crippen molar-refractivity contribution < 1.29 is 9.90 Å². The average molecular weight is 271 g/mol. The van der Waals surface area contributed by atoms with Crippen LogP contribution in [0.4, 0.5) is 0 Å². The molecule has 20 heavy (non-hydrogen) atoms. The molecule has 0 aliphatic carbocycles. The summed E-state index contributed by atoms with van der Waals surface area (Å²) >= 11 is 0. The number of carbonyl (C=O) groups is 1. The molecule has 0 aliphatic heterocycles. The Morgan fingerprint density at radius 2 is 1.80 bits per heavy atom. The maximum absolute atomic E-state index is 11.5. The SMILES string of the molecule is Cc1cc(=O)cc(C)n1-c1cccc(CCC(=O)O)c1. The first-order valence-electron chi connectivity index (χ1n) is 6.49. The van der Waals surface area contributed by atoms with E-state index in [1.165, 1.54) is 0 Å². The summed E-state index contributed by atoms with van der Waals surface area (Å²) in [7, 11) is 0. The molecule has 1 heterocycles. The molecule has 0 radical (unpaired) electrons. The molecule has 1 N–H and O–H groups in total. The third-order valence-electron chi connectivity index (χ3n) is 3.20. The molecule has 0 saturated heterocycles. The van der Waals surface area contributed by atoms with Crippen LogP contribution in [0.5, 0.6) is 0 Å². The molecule has 0 saturated carbocycles. The first-order valence-corrected chi connectivity index (χ1v) is 6.49. The number of pyridine rings is 1. The molecule has 0 atom stereocenters. The molecule has 4 heteroatoms. The van der Waals surface area contributed by atoms with Crippen molar-refractivity contribution in [3.05, 3.63) is 63.6 Å². The largest absolute Gasteiger partial charge is 0.481 e. The lowest BCUT2D eigenvalue weighted by Gasteiger charge is -2.15. The highest BCUT2D eigenvalue weighted by Gasteiger charge is 2.06. The van der Waals surface area contributed by atoms with Gasteiger partial charge in [-0.25, -0.2) is 0 Å². The Balaban J connectivity index is 2.41. The van der Waals surface area contributed by atoms with E-state index in [0.717, 1.165) is 22.6 Å². The van der Waals surface area contributed by atoms with Crippen molar-refractivity contribution in [2.24, 2.45) is 0 Å². The number of aromatic nitrogens is 1. The summed E-state index contributed by atoms with van der Waals surface area (Å²) in [5.74, 6) is -0.800. The van der Waals surface area contributed by atoms with E-state index in [2.05, 4.69) is 0 Å². The third-order valence-corrected chi connectivity index (χ3v) is 3.20. The van der Waals surface area contributed by atoms with Gasteiger partial charge in [0.2, 0.25) is 0 Å². The van der Waals surface area contributed by atoms with E-state index in [1.54, 1.807) is 12.1 Å². The maximum atomic E-state index is 11.5. The lowest BCUT2D eigenvalue weighted by atomic mass is 10.1. The van der Waals surface area contributed by atoms with Crippen LogP contribution in [0.3, 0.4) is 0 Å². The number of aryl methyl sites for hydroxylation is 3. The van der Waals surface area contributed by atoms with Crippen LogP contribution in [0, 0.1) is 13.8 Å². The van der Waals surface area contributed by atoms with Crippen LogP contribution < -0.4 is 5.43 Å². The van der Waals surface area contributed by atoms with Gasteiger partial charge in [0.15, 0.2) is 5.43 Å². The van der Waals surface area contributed by atoms with E-state index in [1.807, 2.05) is 42.7 Å². The summed E-state index contributed by atoms with van der Waals surface area (Å²) in [6.45, 7) is 3.77. The van der Waals surface area contributed by atoms with Gasteiger partial charge in [-0.15, -0.1) is 0 Å². The van der Waals surface area contributed by atoms with Gasteiger partial charge < -0.3 is 9.67 Å². The minimum Gasteiger partial charge on any atom is -0.481 e. The van der Waals surface area contributed by atoms with Crippen LogP contribution in [-0.2, 0) is 11.2 Å². The van der Waals surface area contributed by atoms with Crippen molar-refractivity contribution in [2.45, 2.75) is 26.7 Å². The fourth-order valence-electron chi connectivity index (χ4n) is 2.37. The summed E-state index contributed by atoms with van der Waals surface area (Å²) < 4.78 is 1.99. The van der Waals surface area contributed by atoms with Gasteiger partial charge in [-0.3, -0.25) is 9.59 Å². The highest BCUT2D eigenvalue weighted by atomic mass is 16.4. The molecule has 0 unspecified atom stereocenters. The predicted octanol–water partition coefficient (Wildman–Crippen LogP) is 2.47. The van der Waals surface area contributed by atoms with Gasteiger partial charge >= 0.3 is 5.97 Å². The Hall–Kier alpha value is -2.36. The first-order chi connectivity index (χ1) is 9.47. The Kier molecular flexibility index (Phi) is 4.03.